The van der Waals surface area contributed by atoms with Crippen molar-refractivity contribution in [2.24, 2.45) is 0 Å². The van der Waals surface area contributed by atoms with E-state index in [2.05, 4.69) is 15.1 Å². The predicted octanol–water partition coefficient (Wildman–Crippen LogP) is 2.89. The van der Waals surface area contributed by atoms with Gasteiger partial charge in [-0.2, -0.15) is 4.98 Å². The number of esters is 1. The molecular weight excluding hydrogens is 270 g/mol. The summed E-state index contributed by atoms with van der Waals surface area (Å²) < 4.78 is 10.3. The Morgan fingerprint density at radius 3 is 2.90 bits per heavy atom. The monoisotopic (exact) mass is 289 g/mol. The highest BCUT2D eigenvalue weighted by atomic mass is 16.5. The van der Waals surface area contributed by atoms with Crippen LogP contribution in [0.25, 0.3) is 11.5 Å². The fraction of sp³-hybridized carbons (Fsp3) is 0.467. The van der Waals surface area contributed by atoms with Gasteiger partial charge in [-0.05, 0) is 31.9 Å². The molecule has 0 amide bonds. The first-order valence-electron chi connectivity index (χ1n) is 7.09. The quantitative estimate of drug-likeness (QED) is 0.761. The van der Waals surface area contributed by atoms with Crippen LogP contribution in [0.15, 0.2) is 22.9 Å². The Balaban J connectivity index is 2.28. The number of rotatable bonds is 6. The first kappa shape index (κ1) is 15.2. The molecule has 0 N–H and O–H groups in total. The van der Waals surface area contributed by atoms with Crippen molar-refractivity contribution in [2.45, 2.75) is 39.5 Å². The van der Waals surface area contributed by atoms with Gasteiger partial charge in [0.15, 0.2) is 0 Å². The SMILES string of the molecule is CCCC(C(=O)OCC)c1nc(-c2ncccc2C)no1. The molecule has 0 aliphatic carbocycles. The Kier molecular flexibility index (Phi) is 5.03. The Bertz CT molecular complexity index is 610. The molecule has 0 radical (unpaired) electrons. The van der Waals surface area contributed by atoms with E-state index in [-0.39, 0.29) is 11.9 Å². The van der Waals surface area contributed by atoms with Gasteiger partial charge in [-0.25, -0.2) is 0 Å². The van der Waals surface area contributed by atoms with Crippen LogP contribution in [-0.4, -0.2) is 27.7 Å². The summed E-state index contributed by atoms with van der Waals surface area (Å²) in [6.07, 6.45) is 3.11. The summed E-state index contributed by atoms with van der Waals surface area (Å²) in [5, 5.41) is 3.94. The van der Waals surface area contributed by atoms with Gasteiger partial charge in [0.2, 0.25) is 11.7 Å². The standard InChI is InChI=1S/C15H19N3O3/c1-4-7-11(15(19)20-5-2)14-17-13(18-21-14)12-10(3)8-6-9-16-12/h6,8-9,11H,4-5,7H2,1-3H3. The van der Waals surface area contributed by atoms with Crippen LogP contribution in [0.5, 0.6) is 0 Å². The maximum atomic E-state index is 12.0. The Labute approximate surface area is 123 Å². The molecule has 1 unspecified atom stereocenters. The molecule has 0 fully saturated rings. The second kappa shape index (κ2) is 6.97. The second-order valence-electron chi connectivity index (χ2n) is 4.72. The first-order valence-corrected chi connectivity index (χ1v) is 7.09. The summed E-state index contributed by atoms with van der Waals surface area (Å²) in [5.41, 5.74) is 1.61. The molecule has 2 aromatic rings. The van der Waals surface area contributed by atoms with Crippen LogP contribution >= 0.6 is 0 Å². The van der Waals surface area contributed by atoms with Crippen molar-refractivity contribution >= 4 is 5.97 Å². The lowest BCUT2D eigenvalue weighted by Gasteiger charge is -2.09. The summed E-state index contributed by atoms with van der Waals surface area (Å²) in [4.78, 5) is 20.6. The molecule has 2 heterocycles. The van der Waals surface area contributed by atoms with Crippen molar-refractivity contribution in [2.75, 3.05) is 6.61 Å². The van der Waals surface area contributed by atoms with Gasteiger partial charge in [0.05, 0.1) is 6.61 Å². The zero-order chi connectivity index (χ0) is 15.2. The smallest absolute Gasteiger partial charge is 0.318 e. The number of aromatic nitrogens is 3. The van der Waals surface area contributed by atoms with Gasteiger partial charge in [0.25, 0.3) is 0 Å². The molecule has 0 aliphatic heterocycles. The van der Waals surface area contributed by atoms with Crippen molar-refractivity contribution in [3.63, 3.8) is 0 Å². The fourth-order valence-corrected chi connectivity index (χ4v) is 2.07. The fourth-order valence-electron chi connectivity index (χ4n) is 2.07. The molecule has 1 atom stereocenters. The summed E-state index contributed by atoms with van der Waals surface area (Å²) in [7, 11) is 0. The number of carbonyl (C=O) groups excluding carboxylic acids is 1. The third kappa shape index (κ3) is 3.45. The molecule has 0 saturated carbocycles. The molecule has 0 saturated heterocycles. The third-order valence-electron chi connectivity index (χ3n) is 3.11. The molecule has 2 rings (SSSR count). The van der Waals surface area contributed by atoms with E-state index in [1.165, 1.54) is 0 Å². The van der Waals surface area contributed by atoms with Crippen molar-refractivity contribution in [1.82, 2.24) is 15.1 Å². The zero-order valence-corrected chi connectivity index (χ0v) is 12.5. The van der Waals surface area contributed by atoms with Crippen molar-refractivity contribution in [3.05, 3.63) is 29.8 Å². The predicted molar refractivity (Wildman–Crippen MR) is 76.5 cm³/mol. The number of aryl methyl sites for hydroxylation is 1. The molecule has 0 aromatic carbocycles. The minimum Gasteiger partial charge on any atom is -0.465 e. The highest BCUT2D eigenvalue weighted by Crippen LogP contribution is 2.24. The van der Waals surface area contributed by atoms with Crippen LogP contribution in [0.4, 0.5) is 0 Å². The summed E-state index contributed by atoms with van der Waals surface area (Å²) in [5.74, 6) is -0.156. The number of hydrogen-bond acceptors (Lipinski definition) is 6. The highest BCUT2D eigenvalue weighted by molar-refractivity contribution is 5.76. The molecule has 2 aromatic heterocycles. The molecule has 21 heavy (non-hydrogen) atoms. The number of pyridine rings is 1. The normalized spacial score (nSPS) is 12.1. The Morgan fingerprint density at radius 1 is 1.43 bits per heavy atom. The summed E-state index contributed by atoms with van der Waals surface area (Å²) in [6.45, 7) is 6.02. The molecule has 0 spiro atoms. The van der Waals surface area contributed by atoms with Gasteiger partial charge < -0.3 is 9.26 Å². The zero-order valence-electron chi connectivity index (χ0n) is 12.5. The van der Waals surface area contributed by atoms with E-state index in [4.69, 9.17) is 9.26 Å². The lowest BCUT2D eigenvalue weighted by atomic mass is 10.0. The molecule has 6 nitrogen and oxygen atoms in total. The van der Waals surface area contributed by atoms with E-state index in [0.29, 0.717) is 24.5 Å². The van der Waals surface area contributed by atoms with E-state index < -0.39 is 5.92 Å². The van der Waals surface area contributed by atoms with E-state index in [1.807, 2.05) is 26.0 Å². The van der Waals surface area contributed by atoms with Crippen LogP contribution in [0.1, 0.15) is 44.1 Å². The maximum Gasteiger partial charge on any atom is 0.318 e. The van der Waals surface area contributed by atoms with Crippen LogP contribution in [0.3, 0.4) is 0 Å². The topological polar surface area (TPSA) is 78.1 Å². The molecule has 0 bridgehead atoms. The number of hydrogen-bond donors (Lipinski definition) is 0. The summed E-state index contributed by atoms with van der Waals surface area (Å²) >= 11 is 0. The second-order valence-corrected chi connectivity index (χ2v) is 4.72. The minimum atomic E-state index is -0.514. The lowest BCUT2D eigenvalue weighted by molar-refractivity contribution is -0.145. The average molecular weight is 289 g/mol. The van der Waals surface area contributed by atoms with Crippen molar-refractivity contribution < 1.29 is 14.1 Å². The molecular formula is C15H19N3O3. The highest BCUT2D eigenvalue weighted by Gasteiger charge is 2.27. The first-order chi connectivity index (χ1) is 10.2. The number of ether oxygens (including phenoxy) is 1. The Hall–Kier alpha value is -2.24. The van der Waals surface area contributed by atoms with Crippen LogP contribution < -0.4 is 0 Å². The number of carbonyl (C=O) groups is 1. The van der Waals surface area contributed by atoms with Gasteiger partial charge in [-0.3, -0.25) is 9.78 Å². The van der Waals surface area contributed by atoms with Crippen molar-refractivity contribution in [3.8, 4) is 11.5 Å². The molecule has 6 heteroatoms. The van der Waals surface area contributed by atoms with Gasteiger partial charge in [-0.15, -0.1) is 0 Å². The van der Waals surface area contributed by atoms with Gasteiger partial charge in [-0.1, -0.05) is 24.6 Å². The third-order valence-corrected chi connectivity index (χ3v) is 3.11. The number of nitrogens with zero attached hydrogens (tertiary/aromatic N) is 3. The van der Waals surface area contributed by atoms with E-state index in [0.717, 1.165) is 12.0 Å². The average Bonchev–Trinajstić information content (AvgIpc) is 2.94. The largest absolute Gasteiger partial charge is 0.465 e. The van der Waals surface area contributed by atoms with E-state index >= 15 is 0 Å². The molecule has 0 aliphatic rings. The molecule has 112 valence electrons. The van der Waals surface area contributed by atoms with Crippen LogP contribution in [0, 0.1) is 6.92 Å². The van der Waals surface area contributed by atoms with E-state index in [1.54, 1.807) is 13.1 Å². The van der Waals surface area contributed by atoms with Gasteiger partial charge >= 0.3 is 5.97 Å². The van der Waals surface area contributed by atoms with Crippen molar-refractivity contribution in [1.29, 1.82) is 0 Å². The maximum absolute atomic E-state index is 12.0. The Morgan fingerprint density at radius 2 is 2.24 bits per heavy atom. The van der Waals surface area contributed by atoms with Crippen LogP contribution in [0.2, 0.25) is 0 Å². The van der Waals surface area contributed by atoms with Crippen LogP contribution in [-0.2, 0) is 9.53 Å². The van der Waals surface area contributed by atoms with Gasteiger partial charge in [0.1, 0.15) is 11.6 Å². The summed E-state index contributed by atoms with van der Waals surface area (Å²) in [6, 6.07) is 3.77. The van der Waals surface area contributed by atoms with E-state index in [9.17, 15) is 4.79 Å². The minimum absolute atomic E-state index is 0.287. The van der Waals surface area contributed by atoms with Gasteiger partial charge in [0, 0.05) is 6.20 Å². The lowest BCUT2D eigenvalue weighted by Crippen LogP contribution is -2.16.